The Kier molecular flexibility index (Phi) is 13.1. The monoisotopic (exact) mass is 904 g/mol. The van der Waals surface area contributed by atoms with Gasteiger partial charge in [-0.25, -0.2) is 16.8 Å². The second kappa shape index (κ2) is 17.4. The molecule has 1 amide bonds. The molecule has 4 aliphatic rings. The number of amides is 1. The molecule has 10 rings (SSSR count). The van der Waals surface area contributed by atoms with Crippen LogP contribution in [0.4, 0.5) is 11.4 Å². The first-order valence-electron chi connectivity index (χ1n) is 20.2. The number of nitrogens with zero attached hydrogens (tertiary/aromatic N) is 2. The molecule has 2 aliphatic heterocycles. The van der Waals surface area contributed by atoms with Crippen LogP contribution < -0.4 is 28.3 Å². The van der Waals surface area contributed by atoms with Gasteiger partial charge in [-0.1, -0.05) is 74.5 Å². The first kappa shape index (κ1) is 45.9. The van der Waals surface area contributed by atoms with E-state index in [0.717, 1.165) is 56.5 Å². The molecule has 61 heavy (non-hydrogen) atoms. The summed E-state index contributed by atoms with van der Waals surface area (Å²) in [6, 6.07) is 32.5. The van der Waals surface area contributed by atoms with Crippen molar-refractivity contribution in [3.8, 4) is 0 Å². The van der Waals surface area contributed by atoms with Gasteiger partial charge in [0.05, 0.1) is 18.9 Å². The molecule has 2 N–H and O–H groups in total. The molecular formula is C46H54AlLiN4O5S4. The first-order valence-corrected chi connectivity index (χ1v) is 25.7. The number of carbonyl (C=O) groups is 1. The SMILES string of the molecule is CC1(c2cccc(NS(C)(=O)=O)c2)C2CN(C(=O)Cc3csc4ccccc34)CC21.CC1(c2cccc(NS(C)(=O)=O)c2)C2CN(CCc3csc4ccccc34)CC21.[AlH3].[H-].[Li+]. The van der Waals surface area contributed by atoms with Gasteiger partial charge < -0.3 is 11.2 Å². The van der Waals surface area contributed by atoms with Crippen molar-refractivity contribution in [2.24, 2.45) is 23.7 Å². The molecule has 4 atom stereocenters. The third-order valence-corrected chi connectivity index (χ3v) is 16.9. The zero-order chi connectivity index (χ0) is 41.3. The summed E-state index contributed by atoms with van der Waals surface area (Å²) in [6.45, 7) is 9.48. The van der Waals surface area contributed by atoms with Gasteiger partial charge in [0, 0.05) is 64.3 Å². The second-order valence-corrected chi connectivity index (χ2v) is 22.7. The molecular weight excluding hydrogens is 851 g/mol. The van der Waals surface area contributed by atoms with Gasteiger partial charge in [-0.2, -0.15) is 0 Å². The van der Waals surface area contributed by atoms with Crippen molar-refractivity contribution in [2.75, 3.05) is 54.7 Å². The van der Waals surface area contributed by atoms with Gasteiger partial charge in [-0.3, -0.25) is 14.2 Å². The topological polar surface area (TPSA) is 116 Å². The van der Waals surface area contributed by atoms with Crippen LogP contribution in [0.15, 0.2) is 108 Å². The Bertz CT molecular complexity index is 2800. The number of anilines is 2. The maximum absolute atomic E-state index is 12.9. The average Bonchev–Trinajstić information content (AvgIpc) is 3.68. The minimum Gasteiger partial charge on any atom is -1.00 e. The summed E-state index contributed by atoms with van der Waals surface area (Å²) in [5.74, 6) is 2.37. The Morgan fingerprint density at radius 2 is 1.11 bits per heavy atom. The van der Waals surface area contributed by atoms with Crippen molar-refractivity contribution in [2.45, 2.75) is 37.5 Å². The number of benzene rings is 4. The number of sulfonamides is 2. The zero-order valence-electron chi connectivity index (χ0n) is 35.7. The van der Waals surface area contributed by atoms with E-state index in [2.05, 4.69) is 87.5 Å². The fourth-order valence-corrected chi connectivity index (χ4v) is 13.4. The number of piperidine rings is 2. The number of nitrogens with one attached hydrogen (secondary N) is 2. The number of hydrogen-bond donors (Lipinski definition) is 2. The molecule has 4 aromatic carbocycles. The van der Waals surface area contributed by atoms with Crippen LogP contribution in [0.2, 0.25) is 0 Å². The molecule has 0 radical (unpaired) electrons. The summed E-state index contributed by atoms with van der Waals surface area (Å²) in [5, 5.41) is 7.00. The number of carbonyl (C=O) groups excluding carboxylic acids is 1. The van der Waals surface area contributed by atoms with Crippen molar-refractivity contribution in [3.63, 3.8) is 0 Å². The molecule has 316 valence electrons. The van der Waals surface area contributed by atoms with E-state index in [9.17, 15) is 21.6 Å². The van der Waals surface area contributed by atoms with E-state index >= 15 is 0 Å². The summed E-state index contributed by atoms with van der Waals surface area (Å²) >= 11 is 3.53. The van der Waals surface area contributed by atoms with Crippen molar-refractivity contribution in [3.05, 3.63) is 130 Å². The molecule has 9 nitrogen and oxygen atoms in total. The number of rotatable bonds is 11. The molecule has 4 fully saturated rings. The molecule has 4 heterocycles. The molecule has 0 spiro atoms. The van der Waals surface area contributed by atoms with Crippen molar-refractivity contribution >= 4 is 97.5 Å². The Hall–Kier alpha value is -3.14. The van der Waals surface area contributed by atoms with E-state index in [-0.39, 0.29) is 54.4 Å². The number of thiophene rings is 2. The molecule has 2 aliphatic carbocycles. The van der Waals surface area contributed by atoms with E-state index in [0.29, 0.717) is 41.5 Å². The first-order chi connectivity index (χ1) is 28.1. The van der Waals surface area contributed by atoms with Gasteiger partial charge in [0.2, 0.25) is 26.0 Å². The predicted molar refractivity (Wildman–Crippen MR) is 254 cm³/mol. The Morgan fingerprint density at radius 1 is 0.672 bits per heavy atom. The van der Waals surface area contributed by atoms with Crippen LogP contribution in [-0.4, -0.2) is 95.1 Å². The fourth-order valence-electron chi connectivity index (χ4n) is 10.3. The Labute approximate surface area is 392 Å². The minimum absolute atomic E-state index is 0. The van der Waals surface area contributed by atoms with Gasteiger partial charge >= 0.3 is 18.9 Å². The van der Waals surface area contributed by atoms with Crippen molar-refractivity contribution in [1.82, 2.24) is 9.80 Å². The normalized spacial score (nSPS) is 25.1. The zero-order valence-corrected chi connectivity index (χ0v) is 38.0. The quantitative estimate of drug-likeness (QED) is 0.189. The van der Waals surface area contributed by atoms with Crippen LogP contribution in [0.1, 0.15) is 37.5 Å². The van der Waals surface area contributed by atoms with Crippen LogP contribution in [0, 0.1) is 23.7 Å². The number of likely N-dealkylation sites (tertiary alicyclic amines) is 2. The van der Waals surface area contributed by atoms with Crippen LogP contribution >= 0.6 is 22.7 Å². The molecule has 0 bridgehead atoms. The largest absolute Gasteiger partial charge is 1.00 e. The van der Waals surface area contributed by atoms with E-state index in [1.54, 1.807) is 17.4 Å². The third-order valence-electron chi connectivity index (χ3n) is 13.7. The smallest absolute Gasteiger partial charge is 1.00 e. The fraction of sp³-hybridized carbons (Fsp3) is 0.370. The van der Waals surface area contributed by atoms with Gasteiger partial charge in [0.1, 0.15) is 0 Å². The van der Waals surface area contributed by atoms with E-state index < -0.39 is 20.0 Å². The minimum atomic E-state index is -3.30. The molecule has 4 unspecified atom stereocenters. The van der Waals surface area contributed by atoms with E-state index in [1.807, 2.05) is 58.7 Å². The molecule has 15 heteroatoms. The van der Waals surface area contributed by atoms with Crippen LogP contribution in [-0.2, 0) is 48.5 Å². The van der Waals surface area contributed by atoms with Crippen molar-refractivity contribution in [1.29, 1.82) is 0 Å². The predicted octanol–water partition coefficient (Wildman–Crippen LogP) is 4.13. The van der Waals surface area contributed by atoms with Gasteiger partial charge in [0.25, 0.3) is 0 Å². The Morgan fingerprint density at radius 3 is 1.61 bits per heavy atom. The number of fused-ring (bicyclic) bond motifs is 4. The third kappa shape index (κ3) is 9.27. The summed E-state index contributed by atoms with van der Waals surface area (Å²) in [7, 11) is -6.55. The van der Waals surface area contributed by atoms with Crippen LogP contribution in [0.3, 0.4) is 0 Å². The van der Waals surface area contributed by atoms with Crippen molar-refractivity contribution < 1.29 is 41.9 Å². The maximum atomic E-state index is 12.9. The van der Waals surface area contributed by atoms with Gasteiger partial charge in [-0.05, 0) is 110 Å². The Balaban J connectivity index is 0.000000197. The van der Waals surface area contributed by atoms with E-state index in [1.165, 1.54) is 37.6 Å². The van der Waals surface area contributed by atoms with E-state index in [4.69, 9.17) is 0 Å². The number of hydrogen-bond acceptors (Lipinski definition) is 8. The van der Waals surface area contributed by atoms with Gasteiger partial charge in [-0.15, -0.1) is 22.7 Å². The summed E-state index contributed by atoms with van der Waals surface area (Å²) < 4.78 is 54.0. The molecule has 6 aromatic rings. The molecule has 2 saturated heterocycles. The molecule has 2 saturated carbocycles. The van der Waals surface area contributed by atoms with Gasteiger partial charge in [0.15, 0.2) is 17.4 Å². The summed E-state index contributed by atoms with van der Waals surface area (Å²) in [4.78, 5) is 17.5. The van der Waals surface area contributed by atoms with Crippen LogP contribution in [0.25, 0.3) is 20.2 Å². The van der Waals surface area contributed by atoms with Crippen LogP contribution in [0.5, 0.6) is 0 Å². The summed E-state index contributed by atoms with van der Waals surface area (Å²) in [5.41, 5.74) is 6.40. The maximum Gasteiger partial charge on any atom is 1.00 e. The standard InChI is InChI=1S/C23H24N2O3S2.C23H26N2O2S2.Al.Li.4H/c1-23(16-6-5-7-17(11-16)24-30(2,27)28)19-12-25(13-20(19)23)22(26)10-15-14-29-21-9-4-3-8-18(15)21;1-23(17-6-5-7-18(12-17)24-29(2,26)27)20-13-25(14-21(20)23)11-10-16-15-28-22-9-4-3-8-19(16)22;;;;;;/h3-9,11,14,19-20,24H,10,12-13H2,1-2H3;3-9,12,15,20-21,24H,10-11,13-14H2,1-2H3;;;;;;/q;;;+1;;;;-1. The summed E-state index contributed by atoms with van der Waals surface area (Å²) in [6.07, 6.45) is 3.91. The molecule has 2 aromatic heterocycles. The average molecular weight is 905 g/mol. The second-order valence-electron chi connectivity index (χ2n) is 17.4.